The minimum Gasteiger partial charge on any atom is -0.480 e. The molecule has 1 aliphatic heterocycles. The number of carbonyl (C=O) groups excluding carboxylic acids is 1. The quantitative estimate of drug-likeness (QED) is 0.810. The Morgan fingerprint density at radius 3 is 2.63 bits per heavy atom. The molecule has 1 heterocycles. The molecule has 0 radical (unpaired) electrons. The first-order valence-electron chi connectivity index (χ1n) is 6.65. The number of carboxylic acids is 1. The largest absolute Gasteiger partial charge is 0.480 e. The van der Waals surface area contributed by atoms with Gasteiger partial charge in [0.05, 0.1) is 0 Å². The van der Waals surface area contributed by atoms with Crippen LogP contribution in [0, 0.1) is 5.92 Å². The second-order valence-corrected chi connectivity index (χ2v) is 6.12. The van der Waals surface area contributed by atoms with Gasteiger partial charge in [-0.15, -0.1) is 0 Å². The third kappa shape index (κ3) is 5.46. The summed E-state index contributed by atoms with van der Waals surface area (Å²) in [5, 5.41) is 8.81. The monoisotopic (exact) mass is 272 g/mol. The maximum atomic E-state index is 11.9. The molecule has 3 N–H and O–H groups in total. The van der Waals surface area contributed by atoms with Gasteiger partial charge in [-0.2, -0.15) is 0 Å². The lowest BCUT2D eigenvalue weighted by molar-refractivity contribution is -0.139. The zero-order chi connectivity index (χ0) is 14.6. The Morgan fingerprint density at radius 2 is 2.11 bits per heavy atom. The Hall–Kier alpha value is -1.30. The van der Waals surface area contributed by atoms with Gasteiger partial charge in [-0.05, 0) is 46.0 Å². The molecule has 19 heavy (non-hydrogen) atoms. The van der Waals surface area contributed by atoms with Gasteiger partial charge in [-0.25, -0.2) is 4.79 Å². The van der Waals surface area contributed by atoms with Crippen molar-refractivity contribution in [2.24, 2.45) is 11.7 Å². The predicted octanol–water partition coefficient (Wildman–Crippen LogP) is 1.44. The standard InChI is InChI=1S/C13H24N2O4/c1-13(2,3)19-12(18)15-6-4-5-9(8-15)7-10(14)11(16)17/h9-10H,4-8,14H2,1-3H3,(H,16,17)/t9-,10-/m1/s1. The number of aliphatic carboxylic acids is 1. The highest BCUT2D eigenvalue weighted by molar-refractivity contribution is 5.73. The number of likely N-dealkylation sites (tertiary alicyclic amines) is 1. The van der Waals surface area contributed by atoms with Crippen molar-refractivity contribution in [2.45, 2.75) is 51.7 Å². The van der Waals surface area contributed by atoms with Crippen molar-refractivity contribution in [1.82, 2.24) is 4.90 Å². The summed E-state index contributed by atoms with van der Waals surface area (Å²) in [7, 11) is 0. The Balaban J connectivity index is 2.50. The number of carboxylic acid groups (broad SMARTS) is 1. The van der Waals surface area contributed by atoms with E-state index >= 15 is 0 Å². The van der Waals surface area contributed by atoms with Crippen molar-refractivity contribution < 1.29 is 19.4 Å². The third-order valence-corrected chi connectivity index (χ3v) is 3.08. The van der Waals surface area contributed by atoms with Crippen LogP contribution in [0.1, 0.15) is 40.0 Å². The maximum Gasteiger partial charge on any atom is 0.410 e. The molecule has 0 aromatic heterocycles. The molecular formula is C13H24N2O4. The maximum absolute atomic E-state index is 11.9. The molecule has 1 aliphatic rings. The zero-order valence-corrected chi connectivity index (χ0v) is 11.9. The van der Waals surface area contributed by atoms with E-state index in [-0.39, 0.29) is 12.0 Å². The Kier molecular flexibility index (Phi) is 5.17. The van der Waals surface area contributed by atoms with Crippen molar-refractivity contribution in [3.05, 3.63) is 0 Å². The molecule has 0 aromatic carbocycles. The molecule has 1 amide bonds. The summed E-state index contributed by atoms with van der Waals surface area (Å²) in [5.41, 5.74) is 5.02. The normalized spacial score (nSPS) is 21.9. The van der Waals surface area contributed by atoms with Crippen LogP contribution in [0.4, 0.5) is 4.79 Å². The summed E-state index contributed by atoms with van der Waals surface area (Å²) in [4.78, 5) is 24.3. The fourth-order valence-electron chi connectivity index (χ4n) is 2.21. The number of amides is 1. The minimum absolute atomic E-state index is 0.132. The van der Waals surface area contributed by atoms with Crippen LogP contribution in [0.5, 0.6) is 0 Å². The topological polar surface area (TPSA) is 92.9 Å². The van der Waals surface area contributed by atoms with Crippen molar-refractivity contribution >= 4 is 12.1 Å². The smallest absolute Gasteiger partial charge is 0.410 e. The first-order valence-corrected chi connectivity index (χ1v) is 6.65. The number of hydrogen-bond donors (Lipinski definition) is 2. The van der Waals surface area contributed by atoms with Gasteiger partial charge in [0, 0.05) is 13.1 Å². The highest BCUT2D eigenvalue weighted by Crippen LogP contribution is 2.22. The highest BCUT2D eigenvalue weighted by Gasteiger charge is 2.29. The van der Waals surface area contributed by atoms with Gasteiger partial charge in [0.2, 0.25) is 0 Å². The van der Waals surface area contributed by atoms with Gasteiger partial charge >= 0.3 is 12.1 Å². The minimum atomic E-state index is -0.991. The number of carbonyl (C=O) groups is 2. The Labute approximate surface area is 113 Å². The van der Waals surface area contributed by atoms with Gasteiger partial charge in [-0.1, -0.05) is 0 Å². The van der Waals surface area contributed by atoms with Crippen LogP contribution in [-0.2, 0) is 9.53 Å². The average Bonchev–Trinajstić information content (AvgIpc) is 2.27. The lowest BCUT2D eigenvalue weighted by atomic mass is 9.92. The molecule has 0 aliphatic carbocycles. The van der Waals surface area contributed by atoms with E-state index in [2.05, 4.69) is 0 Å². The zero-order valence-electron chi connectivity index (χ0n) is 11.9. The molecule has 110 valence electrons. The van der Waals surface area contributed by atoms with Crippen molar-refractivity contribution in [1.29, 1.82) is 0 Å². The first-order chi connectivity index (χ1) is 8.69. The number of rotatable bonds is 3. The van der Waals surface area contributed by atoms with E-state index in [1.807, 2.05) is 20.8 Å². The molecule has 0 spiro atoms. The van der Waals surface area contributed by atoms with Crippen LogP contribution in [0.15, 0.2) is 0 Å². The van der Waals surface area contributed by atoms with Crippen molar-refractivity contribution in [3.8, 4) is 0 Å². The summed E-state index contributed by atoms with van der Waals surface area (Å²) in [6.07, 6.45) is 1.83. The highest BCUT2D eigenvalue weighted by atomic mass is 16.6. The molecule has 0 saturated carbocycles. The predicted molar refractivity (Wildman–Crippen MR) is 70.8 cm³/mol. The summed E-state index contributed by atoms with van der Waals surface area (Å²) in [6.45, 7) is 6.66. The van der Waals surface area contributed by atoms with E-state index in [0.29, 0.717) is 19.5 Å². The van der Waals surface area contributed by atoms with Crippen molar-refractivity contribution in [3.63, 3.8) is 0 Å². The third-order valence-electron chi connectivity index (χ3n) is 3.08. The summed E-state index contributed by atoms with van der Waals surface area (Å²) in [5.74, 6) is -0.859. The first kappa shape index (κ1) is 15.8. The molecule has 0 unspecified atom stereocenters. The molecule has 6 heteroatoms. The van der Waals surface area contributed by atoms with Crippen LogP contribution >= 0.6 is 0 Å². The van der Waals surface area contributed by atoms with Crippen LogP contribution in [0.3, 0.4) is 0 Å². The van der Waals surface area contributed by atoms with Crippen LogP contribution in [0.2, 0.25) is 0 Å². The molecule has 0 bridgehead atoms. The second-order valence-electron chi connectivity index (χ2n) is 6.12. The van der Waals surface area contributed by atoms with Gasteiger partial charge in [0.15, 0.2) is 0 Å². The average molecular weight is 272 g/mol. The van der Waals surface area contributed by atoms with Gasteiger partial charge in [0.1, 0.15) is 11.6 Å². The van der Waals surface area contributed by atoms with Gasteiger partial charge < -0.3 is 20.5 Å². The van der Waals surface area contributed by atoms with E-state index in [0.717, 1.165) is 12.8 Å². The Bertz CT molecular complexity index is 338. The molecule has 1 rings (SSSR count). The lowest BCUT2D eigenvalue weighted by Gasteiger charge is -2.34. The van der Waals surface area contributed by atoms with Crippen LogP contribution < -0.4 is 5.73 Å². The van der Waals surface area contributed by atoms with Crippen LogP contribution in [-0.4, -0.2) is 46.8 Å². The fourth-order valence-corrected chi connectivity index (χ4v) is 2.21. The molecule has 0 aromatic rings. The van der Waals surface area contributed by atoms with E-state index in [4.69, 9.17) is 15.6 Å². The number of nitrogens with zero attached hydrogens (tertiary/aromatic N) is 1. The van der Waals surface area contributed by atoms with E-state index in [1.165, 1.54) is 0 Å². The lowest BCUT2D eigenvalue weighted by Crippen LogP contribution is -2.44. The number of nitrogens with two attached hydrogens (primary N) is 1. The van der Waals surface area contributed by atoms with Gasteiger partial charge in [0.25, 0.3) is 0 Å². The van der Waals surface area contributed by atoms with E-state index in [1.54, 1.807) is 4.90 Å². The number of piperidine rings is 1. The summed E-state index contributed by atoms with van der Waals surface area (Å²) < 4.78 is 5.32. The van der Waals surface area contributed by atoms with Crippen LogP contribution in [0.25, 0.3) is 0 Å². The van der Waals surface area contributed by atoms with Crippen molar-refractivity contribution in [2.75, 3.05) is 13.1 Å². The number of hydrogen-bond acceptors (Lipinski definition) is 4. The van der Waals surface area contributed by atoms with E-state index < -0.39 is 17.6 Å². The summed E-state index contributed by atoms with van der Waals surface area (Å²) in [6, 6.07) is -0.858. The second kappa shape index (κ2) is 6.23. The molecule has 1 fully saturated rings. The molecule has 2 atom stereocenters. The SMILES string of the molecule is CC(C)(C)OC(=O)N1CCC[C@H](C[C@@H](N)C(=O)O)C1. The molecule has 1 saturated heterocycles. The fraction of sp³-hybridized carbons (Fsp3) is 0.846. The number of ether oxygens (including phenoxy) is 1. The van der Waals surface area contributed by atoms with E-state index in [9.17, 15) is 9.59 Å². The van der Waals surface area contributed by atoms with Gasteiger partial charge in [-0.3, -0.25) is 4.79 Å². The Morgan fingerprint density at radius 1 is 1.47 bits per heavy atom. The summed E-state index contributed by atoms with van der Waals surface area (Å²) >= 11 is 0. The molecule has 6 nitrogen and oxygen atoms in total. The molecular weight excluding hydrogens is 248 g/mol.